The number of hydrogen-bond acceptors (Lipinski definition) is 5. The number of aromatic nitrogens is 3. The number of nitrogens with one attached hydrogen (secondary N) is 1. The highest BCUT2D eigenvalue weighted by Crippen LogP contribution is 2.23. The topological polar surface area (TPSA) is 90.0 Å². The summed E-state index contributed by atoms with van der Waals surface area (Å²) in [6.45, 7) is 3.84. The van der Waals surface area contributed by atoms with Gasteiger partial charge < -0.3 is 9.73 Å². The molecule has 1 amide bonds. The van der Waals surface area contributed by atoms with Crippen LogP contribution >= 0.6 is 0 Å². The third kappa shape index (κ3) is 2.83. The summed E-state index contributed by atoms with van der Waals surface area (Å²) in [5.41, 5.74) is 2.62. The molecule has 3 heterocycles. The highest BCUT2D eigenvalue weighted by molar-refractivity contribution is 6.03. The Hall–Kier alpha value is -3.48. The Morgan fingerprint density at radius 1 is 1.12 bits per heavy atom. The highest BCUT2D eigenvalue weighted by atomic mass is 16.4. The zero-order chi connectivity index (χ0) is 18.3. The lowest BCUT2D eigenvalue weighted by Gasteiger charge is -2.07. The Bertz CT molecular complexity index is 1190. The summed E-state index contributed by atoms with van der Waals surface area (Å²) in [6.07, 6.45) is 3.11. The number of benzene rings is 1. The lowest BCUT2D eigenvalue weighted by molar-refractivity contribution is -0.116. The van der Waals surface area contributed by atoms with Gasteiger partial charge in [0.05, 0.1) is 11.7 Å². The number of carbonyl (C=O) groups is 1. The lowest BCUT2D eigenvalue weighted by Crippen LogP contribution is -2.20. The van der Waals surface area contributed by atoms with Crippen LogP contribution in [0.1, 0.15) is 11.1 Å². The lowest BCUT2D eigenvalue weighted by atomic mass is 10.1. The smallest absolute Gasteiger partial charge is 0.347 e. The molecule has 26 heavy (non-hydrogen) atoms. The van der Waals surface area contributed by atoms with E-state index >= 15 is 0 Å². The van der Waals surface area contributed by atoms with Crippen molar-refractivity contribution in [3.63, 3.8) is 0 Å². The van der Waals surface area contributed by atoms with Gasteiger partial charge in [-0.05, 0) is 37.6 Å². The van der Waals surface area contributed by atoms with Crippen LogP contribution in [0.4, 0.5) is 5.82 Å². The maximum absolute atomic E-state index is 12.4. The van der Waals surface area contributed by atoms with Gasteiger partial charge >= 0.3 is 5.63 Å². The van der Waals surface area contributed by atoms with E-state index in [-0.39, 0.29) is 12.5 Å². The highest BCUT2D eigenvalue weighted by Gasteiger charge is 2.15. The summed E-state index contributed by atoms with van der Waals surface area (Å²) in [7, 11) is 0. The van der Waals surface area contributed by atoms with Crippen LogP contribution in [0.3, 0.4) is 0 Å². The SMILES string of the molecule is Cc1ccc(NC(=O)Cn2ncc3c(=O)oc4ccc(C)cc4c32)nc1. The van der Waals surface area contributed by atoms with Gasteiger partial charge in [0, 0.05) is 11.6 Å². The molecule has 0 aliphatic carbocycles. The van der Waals surface area contributed by atoms with Crippen LogP contribution in [0, 0.1) is 13.8 Å². The molecule has 1 N–H and O–H groups in total. The van der Waals surface area contributed by atoms with Crippen LogP contribution in [0.5, 0.6) is 0 Å². The van der Waals surface area contributed by atoms with E-state index in [1.807, 2.05) is 32.0 Å². The van der Waals surface area contributed by atoms with Crippen molar-refractivity contribution in [2.75, 3.05) is 5.32 Å². The number of anilines is 1. The molecule has 3 aromatic heterocycles. The normalized spacial score (nSPS) is 11.2. The van der Waals surface area contributed by atoms with Crippen LogP contribution in [-0.4, -0.2) is 20.7 Å². The van der Waals surface area contributed by atoms with Crippen LogP contribution in [0.15, 0.2) is 51.9 Å². The molecular weight excluding hydrogens is 332 g/mol. The maximum Gasteiger partial charge on any atom is 0.347 e. The van der Waals surface area contributed by atoms with Gasteiger partial charge in [0.25, 0.3) is 0 Å². The maximum atomic E-state index is 12.4. The van der Waals surface area contributed by atoms with E-state index in [2.05, 4.69) is 15.4 Å². The van der Waals surface area contributed by atoms with Gasteiger partial charge in [-0.1, -0.05) is 17.7 Å². The molecule has 0 saturated carbocycles. The Labute approximate surface area is 148 Å². The van der Waals surface area contributed by atoms with E-state index < -0.39 is 5.63 Å². The number of rotatable bonds is 3. The standard InChI is InChI=1S/C19H16N4O3/c1-11-3-5-15-13(7-11)18-14(19(25)26-15)9-21-23(18)10-17(24)22-16-6-4-12(2)8-20-16/h3-9H,10H2,1-2H3,(H,20,22,24). The molecule has 4 aromatic rings. The molecule has 0 aliphatic heterocycles. The van der Waals surface area contributed by atoms with Gasteiger partial charge in [0.1, 0.15) is 23.3 Å². The first-order chi connectivity index (χ1) is 12.5. The van der Waals surface area contributed by atoms with E-state index in [0.29, 0.717) is 22.3 Å². The summed E-state index contributed by atoms with van der Waals surface area (Å²) in [6, 6.07) is 9.14. The number of fused-ring (bicyclic) bond motifs is 3. The van der Waals surface area contributed by atoms with Crippen molar-refractivity contribution in [3.8, 4) is 0 Å². The third-order valence-corrected chi connectivity index (χ3v) is 4.12. The third-order valence-electron chi connectivity index (χ3n) is 4.12. The molecule has 0 aliphatic rings. The van der Waals surface area contributed by atoms with Crippen molar-refractivity contribution in [3.05, 3.63) is 64.3 Å². The molecule has 1 aromatic carbocycles. The Balaban J connectivity index is 1.73. The number of amides is 1. The van der Waals surface area contributed by atoms with Crippen molar-refractivity contribution in [2.24, 2.45) is 0 Å². The summed E-state index contributed by atoms with van der Waals surface area (Å²) < 4.78 is 6.85. The van der Waals surface area contributed by atoms with Crippen LogP contribution in [0.2, 0.25) is 0 Å². The minimum Gasteiger partial charge on any atom is -0.422 e. The Morgan fingerprint density at radius 3 is 2.69 bits per heavy atom. The van der Waals surface area contributed by atoms with E-state index in [1.54, 1.807) is 18.3 Å². The molecule has 7 heteroatoms. The summed E-state index contributed by atoms with van der Waals surface area (Å²) in [4.78, 5) is 28.7. The molecule has 4 rings (SSSR count). The van der Waals surface area contributed by atoms with Gasteiger partial charge in [-0.25, -0.2) is 9.78 Å². The largest absolute Gasteiger partial charge is 0.422 e. The molecular formula is C19H16N4O3. The van der Waals surface area contributed by atoms with E-state index in [0.717, 1.165) is 16.5 Å². The fraction of sp³-hybridized carbons (Fsp3) is 0.158. The second kappa shape index (κ2) is 6.11. The number of carbonyl (C=O) groups excluding carboxylic acids is 1. The molecule has 0 fully saturated rings. The zero-order valence-electron chi connectivity index (χ0n) is 14.3. The predicted octanol–water partition coefficient (Wildman–Crippen LogP) is 2.79. The fourth-order valence-electron chi connectivity index (χ4n) is 2.87. The minimum absolute atomic E-state index is 0.0362. The Kier molecular flexibility index (Phi) is 3.76. The number of pyridine rings is 1. The molecule has 0 radical (unpaired) electrons. The zero-order valence-corrected chi connectivity index (χ0v) is 14.3. The van der Waals surface area contributed by atoms with E-state index in [9.17, 15) is 9.59 Å². The summed E-state index contributed by atoms with van der Waals surface area (Å²) in [5.74, 6) is 0.192. The molecule has 0 saturated heterocycles. The van der Waals surface area contributed by atoms with E-state index in [4.69, 9.17) is 4.42 Å². The molecule has 0 bridgehead atoms. The quantitative estimate of drug-likeness (QED) is 0.575. The molecule has 0 spiro atoms. The Morgan fingerprint density at radius 2 is 1.92 bits per heavy atom. The fourth-order valence-corrected chi connectivity index (χ4v) is 2.87. The molecule has 0 unspecified atom stereocenters. The van der Waals surface area contributed by atoms with Crippen molar-refractivity contribution >= 4 is 33.6 Å². The molecule has 130 valence electrons. The molecule has 7 nitrogen and oxygen atoms in total. The summed E-state index contributed by atoms with van der Waals surface area (Å²) >= 11 is 0. The number of hydrogen-bond donors (Lipinski definition) is 1. The van der Waals surface area contributed by atoms with Gasteiger partial charge in [0.15, 0.2) is 0 Å². The first-order valence-corrected chi connectivity index (χ1v) is 8.13. The van der Waals surface area contributed by atoms with Crippen molar-refractivity contribution in [1.82, 2.24) is 14.8 Å². The number of nitrogens with zero attached hydrogens (tertiary/aromatic N) is 3. The first kappa shape index (κ1) is 16.0. The van der Waals surface area contributed by atoms with Crippen LogP contribution in [-0.2, 0) is 11.3 Å². The van der Waals surface area contributed by atoms with Gasteiger partial charge in [0.2, 0.25) is 5.91 Å². The first-order valence-electron chi connectivity index (χ1n) is 8.13. The van der Waals surface area contributed by atoms with Gasteiger partial charge in [-0.3, -0.25) is 9.48 Å². The van der Waals surface area contributed by atoms with Gasteiger partial charge in [-0.2, -0.15) is 5.10 Å². The second-order valence-corrected chi connectivity index (χ2v) is 6.22. The average molecular weight is 348 g/mol. The second-order valence-electron chi connectivity index (χ2n) is 6.22. The van der Waals surface area contributed by atoms with Gasteiger partial charge in [-0.15, -0.1) is 0 Å². The van der Waals surface area contributed by atoms with Crippen molar-refractivity contribution in [2.45, 2.75) is 20.4 Å². The average Bonchev–Trinajstić information content (AvgIpc) is 3.02. The van der Waals surface area contributed by atoms with Crippen molar-refractivity contribution < 1.29 is 9.21 Å². The predicted molar refractivity (Wildman–Crippen MR) is 98.1 cm³/mol. The van der Waals surface area contributed by atoms with Crippen molar-refractivity contribution in [1.29, 1.82) is 0 Å². The number of aryl methyl sites for hydroxylation is 2. The van der Waals surface area contributed by atoms with E-state index in [1.165, 1.54) is 10.9 Å². The monoisotopic (exact) mass is 348 g/mol. The summed E-state index contributed by atoms with van der Waals surface area (Å²) in [5, 5.41) is 8.04. The molecule has 0 atom stereocenters. The van der Waals surface area contributed by atoms with Crippen LogP contribution in [0.25, 0.3) is 21.9 Å². The van der Waals surface area contributed by atoms with Crippen LogP contribution < -0.4 is 10.9 Å². The minimum atomic E-state index is -0.469.